The molecule has 0 saturated carbocycles. The number of urea groups is 1. The highest BCUT2D eigenvalue weighted by Gasteiger charge is 2.30. The van der Waals surface area contributed by atoms with Crippen LogP contribution in [0.3, 0.4) is 0 Å². The van der Waals surface area contributed by atoms with E-state index in [4.69, 9.17) is 5.11 Å². The predicted molar refractivity (Wildman–Crippen MR) is 75.8 cm³/mol. The maximum absolute atomic E-state index is 12.5. The summed E-state index contributed by atoms with van der Waals surface area (Å²) in [4.78, 5) is 37.8. The number of aliphatic carboxylic acids is 1. The summed E-state index contributed by atoms with van der Waals surface area (Å²) < 4.78 is 4.61. The van der Waals surface area contributed by atoms with Crippen molar-refractivity contribution in [1.29, 1.82) is 0 Å². The van der Waals surface area contributed by atoms with Crippen LogP contribution in [0.2, 0.25) is 0 Å². The Hall–Kier alpha value is -1.79. The van der Waals surface area contributed by atoms with Crippen LogP contribution in [-0.2, 0) is 14.3 Å². The van der Waals surface area contributed by atoms with Crippen LogP contribution in [0.1, 0.15) is 33.1 Å². The fraction of sp³-hybridized carbons (Fsp3) is 0.786. The lowest BCUT2D eigenvalue weighted by atomic mass is 9.95. The van der Waals surface area contributed by atoms with Crippen LogP contribution < -0.4 is 0 Å². The third-order valence-corrected chi connectivity index (χ3v) is 3.65. The number of carbonyl (C=O) groups is 3. The van der Waals surface area contributed by atoms with E-state index in [1.54, 1.807) is 4.90 Å². The number of nitrogens with zero attached hydrogens (tertiary/aromatic N) is 2. The number of methoxy groups -OCH3 is 1. The van der Waals surface area contributed by atoms with Gasteiger partial charge in [-0.1, -0.05) is 0 Å². The van der Waals surface area contributed by atoms with Gasteiger partial charge in [-0.25, -0.2) is 4.79 Å². The van der Waals surface area contributed by atoms with Gasteiger partial charge in [0.1, 0.15) is 6.54 Å². The summed E-state index contributed by atoms with van der Waals surface area (Å²) in [7, 11) is 1.29. The van der Waals surface area contributed by atoms with Crippen LogP contribution in [0.15, 0.2) is 0 Å². The second-order valence-electron chi connectivity index (χ2n) is 5.63. The minimum atomic E-state index is -0.843. The number of ether oxygens (including phenoxy) is 1. The topological polar surface area (TPSA) is 87.2 Å². The van der Waals surface area contributed by atoms with Gasteiger partial charge in [0, 0.05) is 25.6 Å². The second-order valence-corrected chi connectivity index (χ2v) is 5.63. The number of hydrogen-bond acceptors (Lipinski definition) is 4. The molecule has 0 aromatic heterocycles. The molecule has 7 nitrogen and oxygen atoms in total. The van der Waals surface area contributed by atoms with Crippen molar-refractivity contribution in [3.63, 3.8) is 0 Å². The third kappa shape index (κ3) is 5.24. The highest BCUT2D eigenvalue weighted by atomic mass is 16.5. The van der Waals surface area contributed by atoms with Crippen LogP contribution in [0.4, 0.5) is 4.79 Å². The Labute approximate surface area is 124 Å². The molecule has 1 aliphatic rings. The minimum Gasteiger partial charge on any atom is -0.481 e. The first-order valence-electron chi connectivity index (χ1n) is 7.19. The molecule has 21 heavy (non-hydrogen) atoms. The molecule has 1 unspecified atom stereocenters. The second kappa shape index (κ2) is 7.85. The fourth-order valence-corrected chi connectivity index (χ4v) is 2.51. The van der Waals surface area contributed by atoms with Gasteiger partial charge in [0.2, 0.25) is 0 Å². The van der Waals surface area contributed by atoms with Gasteiger partial charge in [0.25, 0.3) is 0 Å². The summed E-state index contributed by atoms with van der Waals surface area (Å²) in [5, 5.41) is 8.86. The number of esters is 1. The van der Waals surface area contributed by atoms with Gasteiger partial charge in [-0.2, -0.15) is 0 Å². The quantitative estimate of drug-likeness (QED) is 0.770. The van der Waals surface area contributed by atoms with Crippen molar-refractivity contribution < 1.29 is 24.2 Å². The van der Waals surface area contributed by atoms with Gasteiger partial charge >= 0.3 is 18.0 Å². The molecule has 1 rings (SSSR count). The molecule has 1 saturated heterocycles. The van der Waals surface area contributed by atoms with E-state index in [9.17, 15) is 14.4 Å². The average molecular weight is 300 g/mol. The molecule has 1 heterocycles. The Morgan fingerprint density at radius 2 is 2.05 bits per heavy atom. The number of carboxylic acid groups (broad SMARTS) is 1. The van der Waals surface area contributed by atoms with Gasteiger partial charge in [0.05, 0.1) is 7.11 Å². The number of piperidine rings is 1. The first kappa shape index (κ1) is 17.3. The average Bonchev–Trinajstić information content (AvgIpc) is 2.43. The van der Waals surface area contributed by atoms with E-state index in [0.717, 1.165) is 12.8 Å². The van der Waals surface area contributed by atoms with Crippen molar-refractivity contribution in [3.8, 4) is 0 Å². The Morgan fingerprint density at radius 1 is 1.38 bits per heavy atom. The molecule has 0 aliphatic carbocycles. The molecule has 1 aliphatic heterocycles. The molecule has 7 heteroatoms. The minimum absolute atomic E-state index is 0.0210. The van der Waals surface area contributed by atoms with Crippen molar-refractivity contribution in [2.75, 3.05) is 26.7 Å². The number of carboxylic acids is 1. The third-order valence-electron chi connectivity index (χ3n) is 3.65. The highest BCUT2D eigenvalue weighted by molar-refractivity contribution is 5.81. The van der Waals surface area contributed by atoms with Crippen molar-refractivity contribution in [2.45, 2.75) is 39.2 Å². The van der Waals surface area contributed by atoms with E-state index in [2.05, 4.69) is 4.74 Å². The van der Waals surface area contributed by atoms with E-state index in [1.807, 2.05) is 13.8 Å². The Morgan fingerprint density at radius 3 is 2.57 bits per heavy atom. The molecule has 1 atom stereocenters. The molecular formula is C14H24N2O5. The van der Waals surface area contributed by atoms with Crippen molar-refractivity contribution in [1.82, 2.24) is 9.80 Å². The lowest BCUT2D eigenvalue weighted by Gasteiger charge is -2.37. The lowest BCUT2D eigenvalue weighted by molar-refractivity contribution is -0.141. The molecule has 1 N–H and O–H groups in total. The monoisotopic (exact) mass is 300 g/mol. The van der Waals surface area contributed by atoms with Gasteiger partial charge in [-0.3, -0.25) is 9.59 Å². The van der Waals surface area contributed by atoms with Crippen molar-refractivity contribution in [3.05, 3.63) is 0 Å². The summed E-state index contributed by atoms with van der Waals surface area (Å²) in [6.45, 7) is 4.60. The summed E-state index contributed by atoms with van der Waals surface area (Å²) in [6.07, 6.45) is 1.67. The SMILES string of the molecule is COC(=O)CN(C(=O)N1CCCC(CC(=O)O)C1)C(C)C. The first-order valence-corrected chi connectivity index (χ1v) is 7.19. The normalized spacial score (nSPS) is 18.5. The standard InChI is InChI=1S/C14H24N2O5/c1-10(2)16(9-13(19)21-3)14(20)15-6-4-5-11(8-15)7-12(17)18/h10-11H,4-9H2,1-3H3,(H,17,18). The van der Waals surface area contributed by atoms with Gasteiger partial charge in [-0.15, -0.1) is 0 Å². The van der Waals surface area contributed by atoms with Gasteiger partial charge < -0.3 is 19.6 Å². The van der Waals surface area contributed by atoms with Crippen LogP contribution in [0, 0.1) is 5.92 Å². The molecule has 0 spiro atoms. The van der Waals surface area contributed by atoms with Crippen LogP contribution in [0.5, 0.6) is 0 Å². The molecule has 1 fully saturated rings. The van der Waals surface area contributed by atoms with Crippen molar-refractivity contribution in [2.24, 2.45) is 5.92 Å². The molecule has 0 bridgehead atoms. The van der Waals surface area contributed by atoms with Crippen LogP contribution >= 0.6 is 0 Å². The molecular weight excluding hydrogens is 276 g/mol. The van der Waals surface area contributed by atoms with E-state index in [0.29, 0.717) is 13.1 Å². The largest absolute Gasteiger partial charge is 0.481 e. The molecule has 0 radical (unpaired) electrons. The zero-order chi connectivity index (χ0) is 16.0. The van der Waals surface area contributed by atoms with Crippen LogP contribution in [-0.4, -0.2) is 65.7 Å². The zero-order valence-corrected chi connectivity index (χ0v) is 12.9. The van der Waals surface area contributed by atoms with E-state index >= 15 is 0 Å². The van der Waals surface area contributed by atoms with Crippen molar-refractivity contribution >= 4 is 18.0 Å². The first-order chi connectivity index (χ1) is 9.85. The highest BCUT2D eigenvalue weighted by Crippen LogP contribution is 2.21. The maximum atomic E-state index is 12.5. The van der Waals surface area contributed by atoms with Gasteiger partial charge in [0.15, 0.2) is 0 Å². The molecule has 0 aromatic carbocycles. The fourth-order valence-electron chi connectivity index (χ4n) is 2.51. The van der Waals surface area contributed by atoms with E-state index in [-0.39, 0.29) is 31.0 Å². The smallest absolute Gasteiger partial charge is 0.325 e. The summed E-state index contributed by atoms with van der Waals surface area (Å²) in [5.41, 5.74) is 0. The Kier molecular flexibility index (Phi) is 6.45. The molecule has 2 amide bonds. The Balaban J connectivity index is 2.69. The molecule has 0 aromatic rings. The summed E-state index contributed by atoms with van der Waals surface area (Å²) in [6, 6.07) is -0.359. The zero-order valence-electron chi connectivity index (χ0n) is 12.9. The van der Waals surface area contributed by atoms with Crippen LogP contribution in [0.25, 0.3) is 0 Å². The summed E-state index contributed by atoms with van der Waals surface area (Å²) >= 11 is 0. The maximum Gasteiger partial charge on any atom is 0.325 e. The number of amides is 2. The molecule has 120 valence electrons. The number of carbonyl (C=O) groups excluding carboxylic acids is 2. The predicted octanol–water partition coefficient (Wildman–Crippen LogP) is 1.18. The van der Waals surface area contributed by atoms with Gasteiger partial charge in [-0.05, 0) is 32.6 Å². The Bertz CT molecular complexity index is 397. The number of rotatable bonds is 5. The van der Waals surface area contributed by atoms with E-state index < -0.39 is 11.9 Å². The lowest BCUT2D eigenvalue weighted by Crippen LogP contribution is -2.51. The number of hydrogen-bond donors (Lipinski definition) is 1. The van der Waals surface area contributed by atoms with E-state index in [1.165, 1.54) is 12.0 Å². The number of likely N-dealkylation sites (tertiary alicyclic amines) is 1. The summed E-state index contributed by atoms with van der Waals surface area (Å²) in [5.74, 6) is -1.33.